The molecule has 0 saturated carbocycles. The van der Waals surface area contributed by atoms with E-state index in [0.29, 0.717) is 11.6 Å². The predicted octanol–water partition coefficient (Wildman–Crippen LogP) is 3.56. The van der Waals surface area contributed by atoms with Crippen LogP contribution in [0.3, 0.4) is 0 Å². The van der Waals surface area contributed by atoms with Crippen LogP contribution in [-0.4, -0.2) is 31.1 Å². The highest BCUT2D eigenvalue weighted by molar-refractivity contribution is 5.85. The number of halogens is 1. The lowest BCUT2D eigenvalue weighted by atomic mass is 9.88. The van der Waals surface area contributed by atoms with E-state index in [1.807, 2.05) is 24.3 Å². The van der Waals surface area contributed by atoms with E-state index in [-0.39, 0.29) is 18.5 Å². The lowest BCUT2D eigenvalue weighted by Gasteiger charge is -2.37. The molecule has 3 nitrogen and oxygen atoms in total. The number of benzene rings is 2. The molecule has 0 amide bonds. The molecule has 1 saturated heterocycles. The summed E-state index contributed by atoms with van der Waals surface area (Å²) in [5.41, 5.74) is 8.06. The van der Waals surface area contributed by atoms with Gasteiger partial charge in [-0.15, -0.1) is 12.4 Å². The van der Waals surface area contributed by atoms with E-state index in [2.05, 4.69) is 42.3 Å². The number of nitrogens with two attached hydrogens (primary N) is 1. The van der Waals surface area contributed by atoms with Crippen LogP contribution in [0.25, 0.3) is 0 Å². The largest absolute Gasteiger partial charge is 0.488 e. The summed E-state index contributed by atoms with van der Waals surface area (Å²) in [6.07, 6.45) is 1.19. The van der Waals surface area contributed by atoms with Crippen molar-refractivity contribution in [1.29, 1.82) is 0 Å². The summed E-state index contributed by atoms with van der Waals surface area (Å²) < 4.78 is 6.25. The van der Waals surface area contributed by atoms with Crippen molar-refractivity contribution in [3.05, 3.63) is 60.2 Å². The number of nitrogen functional groups attached to an aromatic ring is 1. The molecule has 0 bridgehead atoms. The van der Waals surface area contributed by atoms with Crippen molar-refractivity contribution in [3.8, 4) is 5.75 Å². The average molecular weight is 319 g/mol. The molecule has 2 aromatic rings. The number of likely N-dealkylation sites (tertiary alicyclic amines) is 1. The smallest absolute Gasteiger partial charge is 0.142 e. The lowest BCUT2D eigenvalue weighted by molar-refractivity contribution is 0.0908. The Kier molecular flexibility index (Phi) is 5.69. The van der Waals surface area contributed by atoms with E-state index >= 15 is 0 Å². The van der Waals surface area contributed by atoms with Crippen molar-refractivity contribution >= 4 is 18.1 Å². The first-order chi connectivity index (χ1) is 10.2. The third kappa shape index (κ3) is 3.73. The zero-order chi connectivity index (χ0) is 14.7. The Hall–Kier alpha value is -1.71. The number of piperidine rings is 1. The molecule has 1 heterocycles. The Balaban J connectivity index is 0.00000176. The zero-order valence-electron chi connectivity index (χ0n) is 12.8. The Morgan fingerprint density at radius 3 is 2.45 bits per heavy atom. The van der Waals surface area contributed by atoms with Gasteiger partial charge in [-0.3, -0.25) is 0 Å². The molecular weight excluding hydrogens is 296 g/mol. The van der Waals surface area contributed by atoms with Gasteiger partial charge in [0.25, 0.3) is 0 Å². The van der Waals surface area contributed by atoms with Crippen LogP contribution in [0.2, 0.25) is 0 Å². The standard InChI is InChI=1S/C18H22N2O.ClH/c1-20-12-11-17(21-18-10-6-5-9-16(18)19)15(13-20)14-7-3-2-4-8-14;/h2-10,15,17H,11-13,19H2,1H3;1H/t15-,17-;/m1./s1. The molecule has 0 unspecified atom stereocenters. The molecule has 22 heavy (non-hydrogen) atoms. The summed E-state index contributed by atoms with van der Waals surface area (Å²) >= 11 is 0. The molecule has 3 rings (SSSR count). The van der Waals surface area contributed by atoms with Crippen LogP contribution in [-0.2, 0) is 0 Å². The van der Waals surface area contributed by atoms with Crippen molar-refractivity contribution in [2.24, 2.45) is 0 Å². The topological polar surface area (TPSA) is 38.5 Å². The van der Waals surface area contributed by atoms with E-state index in [1.165, 1.54) is 5.56 Å². The van der Waals surface area contributed by atoms with Crippen LogP contribution in [0.1, 0.15) is 17.9 Å². The Morgan fingerprint density at radius 1 is 1.05 bits per heavy atom. The van der Waals surface area contributed by atoms with Gasteiger partial charge in [0, 0.05) is 19.0 Å². The first-order valence-electron chi connectivity index (χ1n) is 7.48. The maximum atomic E-state index is 6.25. The first kappa shape index (κ1) is 16.7. The highest BCUT2D eigenvalue weighted by Crippen LogP contribution is 2.32. The average Bonchev–Trinajstić information content (AvgIpc) is 2.52. The van der Waals surface area contributed by atoms with Gasteiger partial charge in [-0.25, -0.2) is 0 Å². The molecule has 118 valence electrons. The molecule has 0 aromatic heterocycles. The quantitative estimate of drug-likeness (QED) is 0.879. The van der Waals surface area contributed by atoms with Crippen LogP contribution in [0.15, 0.2) is 54.6 Å². The second kappa shape index (κ2) is 7.52. The second-order valence-corrected chi connectivity index (χ2v) is 5.76. The minimum atomic E-state index is 0. The summed E-state index contributed by atoms with van der Waals surface area (Å²) in [5.74, 6) is 1.18. The first-order valence-corrected chi connectivity index (χ1v) is 7.48. The molecular formula is C18H23ClN2O. The van der Waals surface area contributed by atoms with E-state index in [4.69, 9.17) is 10.5 Å². The normalized spacial score (nSPS) is 21.9. The molecule has 1 fully saturated rings. The van der Waals surface area contributed by atoms with Crippen LogP contribution < -0.4 is 10.5 Å². The number of anilines is 1. The zero-order valence-corrected chi connectivity index (χ0v) is 13.6. The highest BCUT2D eigenvalue weighted by atomic mass is 35.5. The van der Waals surface area contributed by atoms with Crippen molar-refractivity contribution in [2.75, 3.05) is 25.9 Å². The summed E-state index contributed by atoms with van der Waals surface area (Å²) in [5, 5.41) is 0. The fourth-order valence-corrected chi connectivity index (χ4v) is 3.01. The third-order valence-corrected chi connectivity index (χ3v) is 4.18. The van der Waals surface area contributed by atoms with Crippen LogP contribution in [0, 0.1) is 0 Å². The molecule has 4 heteroatoms. The molecule has 1 aliphatic heterocycles. The summed E-state index contributed by atoms with van der Waals surface area (Å²) in [6, 6.07) is 18.4. The SMILES string of the molecule is CN1CC[C@@H](Oc2ccccc2N)[C@@H](c2ccccc2)C1.Cl. The number of ether oxygens (including phenoxy) is 1. The number of hydrogen-bond donors (Lipinski definition) is 1. The van der Waals surface area contributed by atoms with Gasteiger partial charge in [0.1, 0.15) is 11.9 Å². The van der Waals surface area contributed by atoms with E-state index < -0.39 is 0 Å². The fraction of sp³-hybridized carbons (Fsp3) is 0.333. The summed E-state index contributed by atoms with van der Waals surface area (Å²) in [4.78, 5) is 2.37. The molecule has 2 atom stereocenters. The van der Waals surface area contributed by atoms with Gasteiger partial charge in [0.05, 0.1) is 5.69 Å². The number of para-hydroxylation sites is 2. The van der Waals surface area contributed by atoms with Crippen molar-refractivity contribution in [3.63, 3.8) is 0 Å². The number of hydrogen-bond acceptors (Lipinski definition) is 3. The lowest BCUT2D eigenvalue weighted by Crippen LogP contribution is -2.42. The van der Waals surface area contributed by atoms with E-state index in [0.717, 1.165) is 25.3 Å². The molecule has 2 aromatic carbocycles. The number of likely N-dealkylation sites (N-methyl/N-ethyl adjacent to an activating group) is 1. The van der Waals surface area contributed by atoms with Crippen LogP contribution >= 0.6 is 12.4 Å². The predicted molar refractivity (Wildman–Crippen MR) is 93.8 cm³/mol. The Morgan fingerprint density at radius 2 is 1.73 bits per heavy atom. The monoisotopic (exact) mass is 318 g/mol. The van der Waals surface area contributed by atoms with Crippen LogP contribution in [0.4, 0.5) is 5.69 Å². The minimum absolute atomic E-state index is 0. The van der Waals surface area contributed by atoms with Gasteiger partial charge >= 0.3 is 0 Å². The minimum Gasteiger partial charge on any atom is -0.488 e. The molecule has 1 aliphatic rings. The molecule has 0 aliphatic carbocycles. The van der Waals surface area contributed by atoms with Gasteiger partial charge in [-0.05, 0) is 31.2 Å². The molecule has 0 spiro atoms. The van der Waals surface area contributed by atoms with Crippen molar-refractivity contribution in [2.45, 2.75) is 18.4 Å². The Bertz CT molecular complexity index is 591. The number of nitrogens with zero attached hydrogens (tertiary/aromatic N) is 1. The van der Waals surface area contributed by atoms with Gasteiger partial charge in [-0.1, -0.05) is 42.5 Å². The molecule has 0 radical (unpaired) electrons. The second-order valence-electron chi connectivity index (χ2n) is 5.76. The van der Waals surface area contributed by atoms with Crippen molar-refractivity contribution in [1.82, 2.24) is 4.90 Å². The maximum Gasteiger partial charge on any atom is 0.142 e. The van der Waals surface area contributed by atoms with Gasteiger partial charge in [-0.2, -0.15) is 0 Å². The van der Waals surface area contributed by atoms with Crippen LogP contribution in [0.5, 0.6) is 5.75 Å². The summed E-state index contributed by atoms with van der Waals surface area (Å²) in [7, 11) is 2.17. The van der Waals surface area contributed by atoms with E-state index in [9.17, 15) is 0 Å². The maximum absolute atomic E-state index is 6.25. The fourth-order valence-electron chi connectivity index (χ4n) is 3.01. The highest BCUT2D eigenvalue weighted by Gasteiger charge is 2.30. The Labute approximate surface area is 138 Å². The third-order valence-electron chi connectivity index (χ3n) is 4.18. The molecule has 2 N–H and O–H groups in total. The van der Waals surface area contributed by atoms with Gasteiger partial charge < -0.3 is 15.4 Å². The summed E-state index contributed by atoms with van der Waals surface area (Å²) in [6.45, 7) is 2.07. The number of rotatable bonds is 3. The van der Waals surface area contributed by atoms with Gasteiger partial charge in [0.15, 0.2) is 0 Å². The van der Waals surface area contributed by atoms with E-state index in [1.54, 1.807) is 0 Å². The van der Waals surface area contributed by atoms with Crippen molar-refractivity contribution < 1.29 is 4.74 Å². The van der Waals surface area contributed by atoms with Gasteiger partial charge in [0.2, 0.25) is 0 Å².